The van der Waals surface area contributed by atoms with E-state index < -0.39 is 0 Å². The van der Waals surface area contributed by atoms with Crippen molar-refractivity contribution in [3.05, 3.63) is 28.4 Å². The van der Waals surface area contributed by atoms with Gasteiger partial charge in [0.05, 0.1) is 9.72 Å². The third-order valence-corrected chi connectivity index (χ3v) is 5.67. The van der Waals surface area contributed by atoms with Gasteiger partial charge in [0.15, 0.2) is 0 Å². The van der Waals surface area contributed by atoms with Gasteiger partial charge in [0.2, 0.25) is 0 Å². The molecule has 4 rings (SSSR count). The van der Waals surface area contributed by atoms with Gasteiger partial charge >= 0.3 is 0 Å². The van der Waals surface area contributed by atoms with Crippen molar-refractivity contribution in [2.75, 3.05) is 19.6 Å². The molecule has 1 amide bonds. The zero-order valence-corrected chi connectivity index (χ0v) is 12.4. The monoisotopic (exact) mass is 307 g/mol. The first-order valence-electron chi connectivity index (χ1n) is 6.76. The van der Waals surface area contributed by atoms with E-state index in [4.69, 9.17) is 11.6 Å². The molecule has 3 atom stereocenters. The topological polar surface area (TPSA) is 45.2 Å². The lowest BCUT2D eigenvalue weighted by Crippen LogP contribution is -2.43. The Hall–Kier alpha value is -1.17. The van der Waals surface area contributed by atoms with Crippen molar-refractivity contribution >= 4 is 38.9 Å². The quantitative estimate of drug-likeness (QED) is 0.926. The van der Waals surface area contributed by atoms with Gasteiger partial charge in [-0.05, 0) is 24.9 Å². The van der Waals surface area contributed by atoms with Crippen molar-refractivity contribution < 1.29 is 4.79 Å². The van der Waals surface area contributed by atoms with E-state index in [1.807, 2.05) is 5.38 Å². The number of pyridine rings is 1. The number of piperidine rings is 1. The van der Waals surface area contributed by atoms with Crippen molar-refractivity contribution in [1.82, 2.24) is 15.2 Å². The average molecular weight is 308 g/mol. The van der Waals surface area contributed by atoms with Crippen LogP contribution in [0.15, 0.2) is 17.6 Å². The van der Waals surface area contributed by atoms with Crippen LogP contribution >= 0.6 is 22.9 Å². The summed E-state index contributed by atoms with van der Waals surface area (Å²) in [5.41, 5.74) is 0.454. The number of carbonyl (C=O) groups is 1. The first kappa shape index (κ1) is 12.6. The summed E-state index contributed by atoms with van der Waals surface area (Å²) in [4.78, 5) is 19.0. The number of thiophene rings is 1. The first-order chi connectivity index (χ1) is 9.70. The Bertz CT molecular complexity index is 686. The molecule has 0 aromatic carbocycles. The van der Waals surface area contributed by atoms with E-state index >= 15 is 0 Å². The van der Waals surface area contributed by atoms with Crippen LogP contribution in [0.4, 0.5) is 0 Å². The number of nitrogens with zero attached hydrogens (tertiary/aromatic N) is 2. The van der Waals surface area contributed by atoms with Crippen LogP contribution in [-0.4, -0.2) is 41.5 Å². The van der Waals surface area contributed by atoms with Gasteiger partial charge in [-0.3, -0.25) is 4.79 Å². The van der Waals surface area contributed by atoms with Crippen LogP contribution in [0.1, 0.15) is 16.9 Å². The standard InChI is InChI=1S/C14H14ClN3OS/c15-10-7-20-13-4-16-11(3-9(10)13)14(19)17-12-6-18-2-1-8(12)5-18/h3-4,7-8,12H,1-2,5-6H2,(H,17,19). The van der Waals surface area contributed by atoms with E-state index in [2.05, 4.69) is 15.2 Å². The predicted molar refractivity (Wildman–Crippen MR) is 80.4 cm³/mol. The summed E-state index contributed by atoms with van der Waals surface area (Å²) < 4.78 is 1.01. The van der Waals surface area contributed by atoms with Crippen molar-refractivity contribution in [1.29, 1.82) is 0 Å². The Morgan fingerprint density at radius 1 is 1.50 bits per heavy atom. The lowest BCUT2D eigenvalue weighted by atomic mass is 10.00. The minimum absolute atomic E-state index is 0.0899. The second-order valence-corrected chi connectivity index (χ2v) is 6.86. The number of fused-ring (bicyclic) bond motifs is 3. The zero-order chi connectivity index (χ0) is 13.7. The number of amides is 1. The molecule has 0 saturated carbocycles. The fraction of sp³-hybridized carbons (Fsp3) is 0.429. The smallest absolute Gasteiger partial charge is 0.270 e. The SMILES string of the molecule is O=C(NC1CN2CCC1C2)c1cc2c(Cl)csc2cn1. The lowest BCUT2D eigenvalue weighted by molar-refractivity contribution is 0.0919. The molecule has 4 nitrogen and oxygen atoms in total. The Morgan fingerprint density at radius 3 is 3.15 bits per heavy atom. The molecule has 2 aliphatic rings. The minimum atomic E-state index is -0.0899. The molecule has 3 unspecified atom stereocenters. The summed E-state index contributed by atoms with van der Waals surface area (Å²) in [7, 11) is 0. The zero-order valence-electron chi connectivity index (χ0n) is 10.8. The maximum Gasteiger partial charge on any atom is 0.270 e. The number of halogens is 1. The van der Waals surface area contributed by atoms with Crippen LogP contribution in [0.25, 0.3) is 10.1 Å². The third-order valence-electron chi connectivity index (χ3n) is 4.30. The normalized spacial score (nSPS) is 28.1. The van der Waals surface area contributed by atoms with Gasteiger partial charge in [0.1, 0.15) is 5.69 Å². The lowest BCUT2D eigenvalue weighted by Gasteiger charge is -2.22. The Kier molecular flexibility index (Phi) is 2.94. The number of aromatic nitrogens is 1. The van der Waals surface area contributed by atoms with Crippen LogP contribution in [0, 0.1) is 5.92 Å². The van der Waals surface area contributed by atoms with Gasteiger partial charge in [-0.1, -0.05) is 11.6 Å². The summed E-state index contributed by atoms with van der Waals surface area (Å²) >= 11 is 7.66. The van der Waals surface area contributed by atoms with Crippen LogP contribution in [0.3, 0.4) is 0 Å². The van der Waals surface area contributed by atoms with Gasteiger partial charge in [-0.25, -0.2) is 4.98 Å². The van der Waals surface area contributed by atoms with Gasteiger partial charge in [0, 0.05) is 36.1 Å². The molecule has 6 heteroatoms. The number of nitrogens with one attached hydrogen (secondary N) is 1. The highest BCUT2D eigenvalue weighted by atomic mass is 35.5. The Balaban J connectivity index is 1.56. The maximum absolute atomic E-state index is 12.3. The van der Waals surface area contributed by atoms with E-state index in [9.17, 15) is 4.79 Å². The molecule has 1 N–H and O–H groups in total. The van der Waals surface area contributed by atoms with Crippen molar-refractivity contribution in [2.45, 2.75) is 12.5 Å². The molecule has 0 aliphatic carbocycles. The molecule has 2 saturated heterocycles. The highest BCUT2D eigenvalue weighted by Crippen LogP contribution is 2.30. The minimum Gasteiger partial charge on any atom is -0.346 e. The van der Waals surface area contributed by atoms with Gasteiger partial charge in [-0.15, -0.1) is 11.3 Å². The van der Waals surface area contributed by atoms with E-state index in [1.165, 1.54) is 13.0 Å². The van der Waals surface area contributed by atoms with E-state index in [0.717, 1.165) is 23.2 Å². The molecule has 2 fully saturated rings. The fourth-order valence-electron chi connectivity index (χ4n) is 3.22. The number of hydrogen-bond acceptors (Lipinski definition) is 4. The number of rotatable bonds is 2. The van der Waals surface area contributed by atoms with Crippen LogP contribution in [0.2, 0.25) is 5.02 Å². The summed E-state index contributed by atoms with van der Waals surface area (Å²) in [5, 5.41) is 6.59. The summed E-state index contributed by atoms with van der Waals surface area (Å²) in [5.74, 6) is 0.514. The summed E-state index contributed by atoms with van der Waals surface area (Å²) in [6.45, 7) is 3.26. The summed E-state index contributed by atoms with van der Waals surface area (Å²) in [6, 6.07) is 2.06. The van der Waals surface area contributed by atoms with E-state index in [0.29, 0.717) is 16.6 Å². The third kappa shape index (κ3) is 2.01. The second kappa shape index (κ2) is 4.69. The maximum atomic E-state index is 12.3. The molecule has 104 valence electrons. The Labute approximate surface area is 125 Å². The number of hydrogen-bond donors (Lipinski definition) is 1. The van der Waals surface area contributed by atoms with Crippen molar-refractivity contribution in [3.8, 4) is 0 Å². The predicted octanol–water partition coefficient (Wildman–Crippen LogP) is 2.38. The molecule has 2 aliphatic heterocycles. The molecule has 2 bridgehead atoms. The highest BCUT2D eigenvalue weighted by molar-refractivity contribution is 7.17. The molecular weight excluding hydrogens is 294 g/mol. The van der Waals surface area contributed by atoms with Gasteiger partial charge in [-0.2, -0.15) is 0 Å². The van der Waals surface area contributed by atoms with Crippen molar-refractivity contribution in [2.24, 2.45) is 5.92 Å². The molecule has 0 radical (unpaired) electrons. The second-order valence-electron chi connectivity index (χ2n) is 5.54. The molecule has 4 heterocycles. The fourth-order valence-corrected chi connectivity index (χ4v) is 4.33. The van der Waals surface area contributed by atoms with Gasteiger partial charge in [0.25, 0.3) is 5.91 Å². The highest BCUT2D eigenvalue weighted by Gasteiger charge is 2.38. The van der Waals surface area contributed by atoms with Crippen LogP contribution in [-0.2, 0) is 0 Å². The average Bonchev–Trinajstić information content (AvgIpc) is 3.15. The Morgan fingerprint density at radius 2 is 2.40 bits per heavy atom. The molecule has 20 heavy (non-hydrogen) atoms. The van der Waals surface area contributed by atoms with E-state index in [-0.39, 0.29) is 11.9 Å². The molecule has 2 aromatic heterocycles. The molecule has 0 spiro atoms. The number of carbonyl (C=O) groups excluding carboxylic acids is 1. The van der Waals surface area contributed by atoms with Crippen LogP contribution < -0.4 is 5.32 Å². The van der Waals surface area contributed by atoms with Gasteiger partial charge < -0.3 is 10.2 Å². The molecular formula is C14H14ClN3OS. The first-order valence-corrected chi connectivity index (χ1v) is 8.02. The van der Waals surface area contributed by atoms with E-state index in [1.54, 1.807) is 23.6 Å². The molecule has 2 aromatic rings. The largest absolute Gasteiger partial charge is 0.346 e. The summed E-state index contributed by atoms with van der Waals surface area (Å²) in [6.07, 6.45) is 2.92. The van der Waals surface area contributed by atoms with Crippen LogP contribution in [0.5, 0.6) is 0 Å². The van der Waals surface area contributed by atoms with Crippen molar-refractivity contribution in [3.63, 3.8) is 0 Å².